The molecule has 0 radical (unpaired) electrons. The van der Waals surface area contributed by atoms with E-state index in [-0.39, 0.29) is 24.9 Å². The van der Waals surface area contributed by atoms with Gasteiger partial charge >= 0.3 is 0 Å². The first-order valence-electron chi connectivity index (χ1n) is 12.8. The van der Waals surface area contributed by atoms with Gasteiger partial charge in [0.05, 0.1) is 36.3 Å². The molecule has 12 heteroatoms. The molecule has 0 aliphatic carbocycles. The SMILES string of the molecule is O=C(Cn1cc(Nc2ncnc3cc(OCCCN4CCC[C@@H]4CO)ccc23)cn1)Nc1cccc(F)c1F. The molecule has 5 rings (SSSR count). The lowest BCUT2D eigenvalue weighted by Gasteiger charge is -2.22. The Hall–Kier alpha value is -4.16. The van der Waals surface area contributed by atoms with E-state index < -0.39 is 17.5 Å². The van der Waals surface area contributed by atoms with Crippen molar-refractivity contribution in [1.82, 2.24) is 24.6 Å². The predicted molar refractivity (Wildman–Crippen MR) is 142 cm³/mol. The van der Waals surface area contributed by atoms with Crippen LogP contribution in [-0.4, -0.2) is 68.0 Å². The number of anilines is 3. The van der Waals surface area contributed by atoms with Crippen LogP contribution in [-0.2, 0) is 11.3 Å². The number of aliphatic hydroxyl groups is 1. The molecular weight excluding hydrogens is 508 g/mol. The van der Waals surface area contributed by atoms with Crippen LogP contribution in [0.3, 0.4) is 0 Å². The van der Waals surface area contributed by atoms with Crippen molar-refractivity contribution in [2.75, 3.05) is 36.9 Å². The second kappa shape index (κ2) is 12.1. The number of nitrogens with zero attached hydrogens (tertiary/aromatic N) is 5. The minimum absolute atomic E-state index is 0.193. The Kier molecular flexibility index (Phi) is 8.23. The minimum Gasteiger partial charge on any atom is -0.493 e. The van der Waals surface area contributed by atoms with Crippen LogP contribution in [0.15, 0.2) is 55.1 Å². The number of halogens is 2. The number of amides is 1. The fourth-order valence-corrected chi connectivity index (χ4v) is 4.67. The average molecular weight is 538 g/mol. The maximum Gasteiger partial charge on any atom is 0.246 e. The Morgan fingerprint density at radius 3 is 2.97 bits per heavy atom. The molecule has 3 N–H and O–H groups in total. The van der Waals surface area contributed by atoms with E-state index in [1.54, 1.807) is 6.20 Å². The summed E-state index contributed by atoms with van der Waals surface area (Å²) in [7, 11) is 0. The van der Waals surface area contributed by atoms with Crippen LogP contribution in [0.25, 0.3) is 10.9 Å². The Morgan fingerprint density at radius 1 is 1.21 bits per heavy atom. The maximum atomic E-state index is 13.8. The topological polar surface area (TPSA) is 117 Å². The van der Waals surface area contributed by atoms with Crippen LogP contribution in [0.5, 0.6) is 5.75 Å². The predicted octanol–water partition coefficient (Wildman–Crippen LogP) is 3.71. The number of hydrogen-bond acceptors (Lipinski definition) is 8. The van der Waals surface area contributed by atoms with Gasteiger partial charge in [-0.3, -0.25) is 14.4 Å². The van der Waals surface area contributed by atoms with Crippen molar-refractivity contribution >= 4 is 34.0 Å². The van der Waals surface area contributed by atoms with Gasteiger partial charge in [0.2, 0.25) is 5.91 Å². The first kappa shape index (κ1) is 26.4. The fraction of sp³-hybridized carbons (Fsp3) is 0.333. The third kappa shape index (κ3) is 6.47. The van der Waals surface area contributed by atoms with Crippen molar-refractivity contribution in [3.8, 4) is 5.75 Å². The number of rotatable bonds is 11. The highest BCUT2D eigenvalue weighted by molar-refractivity contribution is 5.92. The van der Waals surface area contributed by atoms with E-state index in [4.69, 9.17) is 4.74 Å². The van der Waals surface area contributed by atoms with E-state index in [2.05, 4.69) is 30.6 Å². The number of fused-ring (bicyclic) bond motifs is 1. The van der Waals surface area contributed by atoms with Crippen molar-refractivity contribution in [2.45, 2.75) is 31.8 Å². The molecule has 3 heterocycles. The molecule has 0 unspecified atom stereocenters. The van der Waals surface area contributed by atoms with Crippen LogP contribution in [0.4, 0.5) is 26.0 Å². The highest BCUT2D eigenvalue weighted by Crippen LogP contribution is 2.26. The van der Waals surface area contributed by atoms with Crippen molar-refractivity contribution in [3.63, 3.8) is 0 Å². The molecule has 1 atom stereocenters. The zero-order valence-corrected chi connectivity index (χ0v) is 21.2. The largest absolute Gasteiger partial charge is 0.493 e. The lowest BCUT2D eigenvalue weighted by molar-refractivity contribution is -0.116. The van der Waals surface area contributed by atoms with E-state index in [9.17, 15) is 18.7 Å². The number of likely N-dealkylation sites (tertiary alicyclic amines) is 1. The molecule has 0 saturated carbocycles. The summed E-state index contributed by atoms with van der Waals surface area (Å²) in [6, 6.07) is 9.44. The molecular formula is C27H29F2N7O3. The molecule has 1 aliphatic rings. The highest BCUT2D eigenvalue weighted by atomic mass is 19.2. The highest BCUT2D eigenvalue weighted by Gasteiger charge is 2.22. The molecule has 4 aromatic rings. The van der Waals surface area contributed by atoms with Gasteiger partial charge in [0.25, 0.3) is 0 Å². The molecule has 0 spiro atoms. The summed E-state index contributed by atoms with van der Waals surface area (Å²) in [5.74, 6) is -1.44. The van der Waals surface area contributed by atoms with Crippen LogP contribution in [0, 0.1) is 11.6 Å². The summed E-state index contributed by atoms with van der Waals surface area (Å²) in [4.78, 5) is 23.3. The summed E-state index contributed by atoms with van der Waals surface area (Å²) in [5.41, 5.74) is 1.06. The van der Waals surface area contributed by atoms with Crippen LogP contribution < -0.4 is 15.4 Å². The van der Waals surface area contributed by atoms with Gasteiger partial charge in [-0.25, -0.2) is 18.7 Å². The Labute approximate surface area is 223 Å². The number of aromatic nitrogens is 4. The van der Waals surface area contributed by atoms with Gasteiger partial charge in [0.15, 0.2) is 11.6 Å². The summed E-state index contributed by atoms with van der Waals surface area (Å²) in [6.45, 7) is 2.49. The zero-order valence-electron chi connectivity index (χ0n) is 21.2. The first-order valence-corrected chi connectivity index (χ1v) is 12.8. The number of carbonyl (C=O) groups is 1. The van der Waals surface area contributed by atoms with E-state index >= 15 is 0 Å². The standard InChI is InChI=1S/C27H29F2N7O3/c28-22-5-1-6-23(26(22)29)34-25(38)15-36-14-18(13-32-36)33-27-21-8-7-20(12-24(21)30-17-31-27)39-11-3-10-35-9-2-4-19(35)16-37/h1,5-8,12-14,17,19,37H,2-4,9-11,15-16H2,(H,34,38)(H,30,31,33)/t19-/m1/s1. The zero-order chi connectivity index (χ0) is 27.2. The summed E-state index contributed by atoms with van der Waals surface area (Å²) >= 11 is 0. The molecule has 2 aromatic heterocycles. The van der Waals surface area contributed by atoms with Crippen molar-refractivity contribution in [3.05, 3.63) is 66.8 Å². The van der Waals surface area contributed by atoms with E-state index in [1.807, 2.05) is 18.2 Å². The monoisotopic (exact) mass is 537 g/mol. The molecule has 39 heavy (non-hydrogen) atoms. The number of aliphatic hydroxyl groups excluding tert-OH is 1. The first-order chi connectivity index (χ1) is 19.0. The summed E-state index contributed by atoms with van der Waals surface area (Å²) in [6.07, 6.45) is 7.62. The maximum absolute atomic E-state index is 13.8. The molecule has 1 aliphatic heterocycles. The molecule has 1 fully saturated rings. The number of nitrogens with one attached hydrogen (secondary N) is 2. The van der Waals surface area contributed by atoms with E-state index in [1.165, 1.54) is 29.3 Å². The number of carbonyl (C=O) groups excluding carboxylic acids is 1. The second-order valence-electron chi connectivity index (χ2n) is 9.32. The van der Waals surface area contributed by atoms with Crippen LogP contribution >= 0.6 is 0 Å². The second-order valence-corrected chi connectivity index (χ2v) is 9.32. The Bertz CT molecular complexity index is 1450. The van der Waals surface area contributed by atoms with Gasteiger partial charge in [-0.2, -0.15) is 5.10 Å². The fourth-order valence-electron chi connectivity index (χ4n) is 4.67. The lowest BCUT2D eigenvalue weighted by Crippen LogP contribution is -2.33. The van der Waals surface area contributed by atoms with Crippen molar-refractivity contribution in [2.24, 2.45) is 0 Å². The van der Waals surface area contributed by atoms with Crippen molar-refractivity contribution in [1.29, 1.82) is 0 Å². The van der Waals surface area contributed by atoms with Gasteiger partial charge in [-0.15, -0.1) is 0 Å². The van der Waals surface area contributed by atoms with E-state index in [0.29, 0.717) is 29.4 Å². The summed E-state index contributed by atoms with van der Waals surface area (Å²) < 4.78 is 34.5. The van der Waals surface area contributed by atoms with Crippen LogP contribution in [0.1, 0.15) is 19.3 Å². The van der Waals surface area contributed by atoms with Crippen LogP contribution in [0.2, 0.25) is 0 Å². The average Bonchev–Trinajstić information content (AvgIpc) is 3.58. The van der Waals surface area contributed by atoms with Crippen molar-refractivity contribution < 1.29 is 23.4 Å². The van der Waals surface area contributed by atoms with Gasteiger partial charge < -0.3 is 20.5 Å². The number of hydrogen-bond donors (Lipinski definition) is 3. The third-order valence-corrected chi connectivity index (χ3v) is 6.60. The normalized spacial score (nSPS) is 15.5. The minimum atomic E-state index is -1.11. The molecule has 2 aromatic carbocycles. The lowest BCUT2D eigenvalue weighted by atomic mass is 10.2. The van der Waals surface area contributed by atoms with Gasteiger partial charge in [-0.1, -0.05) is 6.07 Å². The Balaban J connectivity index is 1.16. The van der Waals surface area contributed by atoms with Gasteiger partial charge in [0.1, 0.15) is 24.4 Å². The number of ether oxygens (including phenoxy) is 1. The van der Waals surface area contributed by atoms with Gasteiger partial charge in [0, 0.05) is 30.2 Å². The molecule has 10 nitrogen and oxygen atoms in total. The summed E-state index contributed by atoms with van der Waals surface area (Å²) in [5, 5.41) is 19.9. The quantitative estimate of drug-likeness (QED) is 0.248. The molecule has 1 amide bonds. The molecule has 0 bridgehead atoms. The van der Waals surface area contributed by atoms with E-state index in [0.717, 1.165) is 43.8 Å². The smallest absolute Gasteiger partial charge is 0.246 e. The Morgan fingerprint density at radius 2 is 2.10 bits per heavy atom. The van der Waals surface area contributed by atoms with Gasteiger partial charge in [-0.05, 0) is 50.1 Å². The molecule has 204 valence electrons. The molecule has 1 saturated heterocycles. The third-order valence-electron chi connectivity index (χ3n) is 6.60. The number of benzene rings is 2.